The van der Waals surface area contributed by atoms with E-state index in [2.05, 4.69) is 5.32 Å². The minimum atomic E-state index is -1.08. The van der Waals surface area contributed by atoms with Crippen LogP contribution in [0.15, 0.2) is 17.5 Å². The molecule has 0 spiro atoms. The number of rotatable bonds is 4. The number of thiophene rings is 1. The van der Waals surface area contributed by atoms with Gasteiger partial charge in [0.05, 0.1) is 0 Å². The van der Waals surface area contributed by atoms with E-state index in [0.717, 1.165) is 0 Å². The summed E-state index contributed by atoms with van der Waals surface area (Å²) in [6, 6.07) is 1.80. The second kappa shape index (κ2) is 4.90. The van der Waals surface area contributed by atoms with Gasteiger partial charge in [0, 0.05) is 4.88 Å². The predicted molar refractivity (Wildman–Crippen MR) is 56.5 cm³/mol. The number of carbonyl (C=O) groups excluding carboxylic acids is 1. The summed E-state index contributed by atoms with van der Waals surface area (Å²) in [5.74, 6) is -1.56. The third kappa shape index (κ3) is 3.03. The van der Waals surface area contributed by atoms with Crippen LogP contribution in [0.25, 0.3) is 0 Å². The van der Waals surface area contributed by atoms with Crippen molar-refractivity contribution < 1.29 is 14.7 Å². The van der Waals surface area contributed by atoms with Crippen molar-refractivity contribution in [3.8, 4) is 0 Å². The second-order valence-electron chi connectivity index (χ2n) is 3.06. The summed E-state index contributed by atoms with van der Waals surface area (Å²) in [6.07, 6.45) is 0. The molecule has 0 fully saturated rings. The second-order valence-corrected chi connectivity index (χ2v) is 4.04. The van der Waals surface area contributed by atoms with Crippen molar-refractivity contribution in [1.29, 1.82) is 0 Å². The van der Waals surface area contributed by atoms with Crippen LogP contribution in [0.3, 0.4) is 0 Å². The van der Waals surface area contributed by atoms with Gasteiger partial charge in [-0.25, -0.2) is 0 Å². The molecule has 1 aromatic rings. The lowest BCUT2D eigenvalue weighted by atomic mass is 10.2. The zero-order chi connectivity index (χ0) is 11.4. The van der Waals surface area contributed by atoms with E-state index in [1.807, 2.05) is 5.38 Å². The summed E-state index contributed by atoms with van der Waals surface area (Å²) in [7, 11) is 0. The first-order valence-electron chi connectivity index (χ1n) is 4.34. The number of carboxylic acids is 1. The monoisotopic (exact) mass is 228 g/mol. The van der Waals surface area contributed by atoms with Crippen LogP contribution >= 0.6 is 11.3 Å². The van der Waals surface area contributed by atoms with E-state index < -0.39 is 24.0 Å². The first kappa shape index (κ1) is 11.7. The highest BCUT2D eigenvalue weighted by Gasteiger charge is 2.20. The quantitative estimate of drug-likeness (QED) is 0.692. The molecule has 4 N–H and O–H groups in total. The molecule has 0 aliphatic rings. The van der Waals surface area contributed by atoms with Crippen LogP contribution in [0.2, 0.25) is 0 Å². The Labute approximate surface area is 90.9 Å². The molecule has 1 aromatic heterocycles. The number of amides is 1. The van der Waals surface area contributed by atoms with E-state index in [1.54, 1.807) is 12.1 Å². The van der Waals surface area contributed by atoms with Gasteiger partial charge in [-0.1, -0.05) is 6.07 Å². The Morgan fingerprint density at radius 2 is 2.27 bits per heavy atom. The lowest BCUT2D eigenvalue weighted by Crippen LogP contribution is -2.42. The standard InChI is InChI=1S/C9H12N2O3S/c1-5(9(13)14)11-8(12)7(10)6-3-2-4-15-6/h2-5,7H,10H2,1H3,(H,11,12)(H,13,14)/t5-,7?/m0/s1. The average molecular weight is 228 g/mol. The summed E-state index contributed by atoms with van der Waals surface area (Å²) < 4.78 is 0. The molecule has 0 aromatic carbocycles. The maximum Gasteiger partial charge on any atom is 0.325 e. The number of carboxylic acid groups (broad SMARTS) is 1. The lowest BCUT2D eigenvalue weighted by molar-refractivity contribution is -0.141. The van der Waals surface area contributed by atoms with Crippen LogP contribution in [0.4, 0.5) is 0 Å². The van der Waals surface area contributed by atoms with Crippen molar-refractivity contribution in [2.75, 3.05) is 0 Å². The van der Waals surface area contributed by atoms with Gasteiger partial charge in [0.15, 0.2) is 0 Å². The fraction of sp³-hybridized carbons (Fsp3) is 0.333. The minimum absolute atomic E-state index is 0.479. The number of carbonyl (C=O) groups is 2. The maximum absolute atomic E-state index is 11.5. The van der Waals surface area contributed by atoms with Gasteiger partial charge in [-0.05, 0) is 18.4 Å². The van der Waals surface area contributed by atoms with Gasteiger partial charge in [0.25, 0.3) is 0 Å². The van der Waals surface area contributed by atoms with Crippen LogP contribution in [0.5, 0.6) is 0 Å². The van der Waals surface area contributed by atoms with Crippen molar-refractivity contribution in [3.63, 3.8) is 0 Å². The highest BCUT2D eigenvalue weighted by atomic mass is 32.1. The molecular formula is C9H12N2O3S. The fourth-order valence-corrected chi connectivity index (χ4v) is 1.69. The van der Waals surface area contributed by atoms with Gasteiger partial charge in [-0.2, -0.15) is 0 Å². The summed E-state index contributed by atoms with van der Waals surface area (Å²) in [5.41, 5.74) is 5.64. The molecule has 5 nitrogen and oxygen atoms in total. The average Bonchev–Trinajstić information content (AvgIpc) is 2.68. The van der Waals surface area contributed by atoms with Crippen LogP contribution in [-0.2, 0) is 9.59 Å². The number of nitrogens with one attached hydrogen (secondary N) is 1. The van der Waals surface area contributed by atoms with Crippen molar-refractivity contribution >= 4 is 23.2 Å². The highest BCUT2D eigenvalue weighted by Crippen LogP contribution is 2.16. The highest BCUT2D eigenvalue weighted by molar-refractivity contribution is 7.10. The van der Waals surface area contributed by atoms with E-state index in [-0.39, 0.29) is 0 Å². The van der Waals surface area contributed by atoms with Gasteiger partial charge < -0.3 is 16.2 Å². The minimum Gasteiger partial charge on any atom is -0.480 e. The first-order valence-corrected chi connectivity index (χ1v) is 5.22. The van der Waals surface area contributed by atoms with Gasteiger partial charge >= 0.3 is 5.97 Å². The molecular weight excluding hydrogens is 216 g/mol. The Kier molecular flexibility index (Phi) is 3.81. The summed E-state index contributed by atoms with van der Waals surface area (Å²) in [6.45, 7) is 1.39. The Balaban J connectivity index is 2.58. The molecule has 0 aliphatic heterocycles. The largest absolute Gasteiger partial charge is 0.480 e. The van der Waals surface area contributed by atoms with E-state index in [4.69, 9.17) is 10.8 Å². The zero-order valence-electron chi connectivity index (χ0n) is 8.14. The summed E-state index contributed by atoms with van der Waals surface area (Å²) in [4.78, 5) is 22.7. The molecule has 0 saturated carbocycles. The number of hydrogen-bond acceptors (Lipinski definition) is 4. The number of hydrogen-bond donors (Lipinski definition) is 3. The Hall–Kier alpha value is -1.40. The summed E-state index contributed by atoms with van der Waals surface area (Å²) >= 11 is 1.36. The zero-order valence-corrected chi connectivity index (χ0v) is 8.95. The van der Waals surface area contributed by atoms with Crippen LogP contribution in [-0.4, -0.2) is 23.0 Å². The Bertz CT molecular complexity index is 350. The smallest absolute Gasteiger partial charge is 0.325 e. The van der Waals surface area contributed by atoms with Crippen LogP contribution in [0, 0.1) is 0 Å². The third-order valence-corrected chi connectivity index (χ3v) is 2.82. The van der Waals surface area contributed by atoms with Crippen molar-refractivity contribution in [3.05, 3.63) is 22.4 Å². The lowest BCUT2D eigenvalue weighted by Gasteiger charge is -2.13. The molecule has 1 amide bonds. The number of aliphatic carboxylic acids is 1. The normalized spacial score (nSPS) is 14.3. The molecule has 0 bridgehead atoms. The summed E-state index contributed by atoms with van der Waals surface area (Å²) in [5, 5.41) is 12.7. The van der Waals surface area contributed by atoms with Gasteiger partial charge in [0.1, 0.15) is 12.1 Å². The SMILES string of the molecule is C[C@H](NC(=O)C(N)c1cccs1)C(=O)O. The topological polar surface area (TPSA) is 92.4 Å². The van der Waals surface area contributed by atoms with Crippen LogP contribution in [0.1, 0.15) is 17.8 Å². The van der Waals surface area contributed by atoms with E-state index in [9.17, 15) is 9.59 Å². The Morgan fingerprint density at radius 3 is 2.73 bits per heavy atom. The van der Waals surface area contributed by atoms with Gasteiger partial charge in [-0.15, -0.1) is 11.3 Å². The molecule has 2 atom stereocenters. The van der Waals surface area contributed by atoms with E-state index in [0.29, 0.717) is 4.88 Å². The third-order valence-electron chi connectivity index (χ3n) is 1.86. The van der Waals surface area contributed by atoms with Gasteiger partial charge in [-0.3, -0.25) is 9.59 Å². The maximum atomic E-state index is 11.5. The van der Waals surface area contributed by atoms with Crippen molar-refractivity contribution in [1.82, 2.24) is 5.32 Å². The molecule has 6 heteroatoms. The predicted octanol–water partition coefficient (Wildman–Crippen LogP) is 0.337. The molecule has 15 heavy (non-hydrogen) atoms. The van der Waals surface area contributed by atoms with E-state index >= 15 is 0 Å². The Morgan fingerprint density at radius 1 is 1.60 bits per heavy atom. The molecule has 1 heterocycles. The van der Waals surface area contributed by atoms with Crippen molar-refractivity contribution in [2.24, 2.45) is 5.73 Å². The van der Waals surface area contributed by atoms with Gasteiger partial charge in [0.2, 0.25) is 5.91 Å². The fourth-order valence-electron chi connectivity index (χ4n) is 0.962. The molecule has 0 saturated heterocycles. The van der Waals surface area contributed by atoms with Crippen molar-refractivity contribution in [2.45, 2.75) is 19.0 Å². The molecule has 0 radical (unpaired) electrons. The molecule has 1 unspecified atom stereocenters. The molecule has 1 rings (SSSR count). The molecule has 0 aliphatic carbocycles. The van der Waals surface area contributed by atoms with Crippen LogP contribution < -0.4 is 11.1 Å². The number of nitrogens with two attached hydrogens (primary N) is 1. The first-order chi connectivity index (χ1) is 7.02. The molecule has 82 valence electrons. The van der Waals surface area contributed by atoms with E-state index in [1.165, 1.54) is 18.3 Å².